The normalized spacial score (nSPS) is 13.6. The van der Waals surface area contributed by atoms with Crippen LogP contribution in [-0.2, 0) is 6.42 Å². The Labute approximate surface area is 170 Å². The van der Waals surface area contributed by atoms with E-state index in [1.54, 1.807) is 25.5 Å². The fourth-order valence-corrected chi connectivity index (χ4v) is 3.70. The number of benzene rings is 1. The van der Waals surface area contributed by atoms with E-state index in [2.05, 4.69) is 22.2 Å². The largest absolute Gasteiger partial charge is 0.387 e. The molecule has 2 heterocycles. The zero-order chi connectivity index (χ0) is 20.4. The maximum Gasteiger partial charge on any atom is 0.166 e. The van der Waals surface area contributed by atoms with E-state index in [9.17, 15) is 9.18 Å². The summed E-state index contributed by atoms with van der Waals surface area (Å²) >= 11 is 0. The van der Waals surface area contributed by atoms with Crippen LogP contribution in [0.1, 0.15) is 55.1 Å². The molecule has 29 heavy (non-hydrogen) atoms. The molecule has 1 aliphatic rings. The van der Waals surface area contributed by atoms with E-state index in [4.69, 9.17) is 0 Å². The van der Waals surface area contributed by atoms with Gasteiger partial charge in [0, 0.05) is 54.1 Å². The van der Waals surface area contributed by atoms with Crippen LogP contribution in [0, 0.1) is 11.7 Å². The molecule has 1 saturated carbocycles. The second-order valence-electron chi connectivity index (χ2n) is 7.86. The van der Waals surface area contributed by atoms with Crippen LogP contribution in [0.4, 0.5) is 10.1 Å². The standard InChI is InChI=1S/C24H26FN3O/c1-3-4-5-17-9-8-16(13-27-17)18-11-19-22(12-21(18)25)28-14-20(24(19)26-2)23(29)10-15-6-7-15/h8-9,11-15H,3-7,10H2,1-2H3,(H,26,28). The minimum absolute atomic E-state index is 0.0964. The minimum Gasteiger partial charge on any atom is -0.387 e. The molecule has 1 fully saturated rings. The summed E-state index contributed by atoms with van der Waals surface area (Å²) < 4.78 is 14.8. The molecule has 0 bridgehead atoms. The van der Waals surface area contributed by atoms with Gasteiger partial charge in [-0.25, -0.2) is 4.39 Å². The summed E-state index contributed by atoms with van der Waals surface area (Å²) in [4.78, 5) is 21.6. The Kier molecular flexibility index (Phi) is 5.56. The molecule has 1 aromatic carbocycles. The summed E-state index contributed by atoms with van der Waals surface area (Å²) in [7, 11) is 1.79. The maximum atomic E-state index is 14.8. The van der Waals surface area contributed by atoms with Gasteiger partial charge >= 0.3 is 0 Å². The van der Waals surface area contributed by atoms with Gasteiger partial charge in [0.2, 0.25) is 0 Å². The average molecular weight is 391 g/mol. The van der Waals surface area contributed by atoms with Crippen LogP contribution in [-0.4, -0.2) is 22.8 Å². The molecule has 4 nitrogen and oxygen atoms in total. The molecule has 0 spiro atoms. The zero-order valence-corrected chi connectivity index (χ0v) is 17.0. The predicted octanol–water partition coefficient (Wildman–Crippen LogP) is 5.80. The van der Waals surface area contributed by atoms with Crippen LogP contribution < -0.4 is 5.32 Å². The summed E-state index contributed by atoms with van der Waals surface area (Å²) in [5.74, 6) is 0.260. The van der Waals surface area contributed by atoms with Gasteiger partial charge in [-0.05, 0) is 43.7 Å². The van der Waals surface area contributed by atoms with Crippen LogP contribution in [0.15, 0.2) is 36.7 Å². The van der Waals surface area contributed by atoms with Gasteiger partial charge in [-0.3, -0.25) is 14.8 Å². The van der Waals surface area contributed by atoms with Crippen LogP contribution in [0.2, 0.25) is 0 Å². The van der Waals surface area contributed by atoms with Gasteiger partial charge in [-0.15, -0.1) is 0 Å². The second-order valence-corrected chi connectivity index (χ2v) is 7.86. The van der Waals surface area contributed by atoms with Gasteiger partial charge in [0.1, 0.15) is 5.82 Å². The molecule has 0 atom stereocenters. The highest BCUT2D eigenvalue weighted by molar-refractivity contribution is 6.08. The van der Waals surface area contributed by atoms with Crippen molar-refractivity contribution in [2.45, 2.75) is 45.4 Å². The number of pyridine rings is 2. The number of rotatable bonds is 8. The first kappa shape index (κ1) is 19.5. The summed E-state index contributed by atoms with van der Waals surface area (Å²) in [6.07, 6.45) is 9.23. The third kappa shape index (κ3) is 4.14. The van der Waals surface area contributed by atoms with Crippen molar-refractivity contribution in [1.82, 2.24) is 9.97 Å². The topological polar surface area (TPSA) is 54.9 Å². The number of aryl methyl sites for hydroxylation is 1. The van der Waals surface area contributed by atoms with Crippen LogP contribution in [0.5, 0.6) is 0 Å². The van der Waals surface area contributed by atoms with Gasteiger partial charge < -0.3 is 5.32 Å². The maximum absolute atomic E-state index is 14.8. The lowest BCUT2D eigenvalue weighted by Gasteiger charge is -2.13. The molecule has 0 unspecified atom stereocenters. The molecule has 3 aromatic rings. The second kappa shape index (κ2) is 8.27. The van der Waals surface area contributed by atoms with Crippen LogP contribution in [0.3, 0.4) is 0 Å². The van der Waals surface area contributed by atoms with Gasteiger partial charge in [0.05, 0.1) is 16.8 Å². The van der Waals surface area contributed by atoms with E-state index < -0.39 is 0 Å². The van der Waals surface area contributed by atoms with Gasteiger partial charge in [-0.2, -0.15) is 0 Å². The molecule has 5 heteroatoms. The molecule has 0 radical (unpaired) electrons. The van der Waals surface area contributed by atoms with Crippen molar-refractivity contribution in [3.63, 3.8) is 0 Å². The first-order chi connectivity index (χ1) is 14.1. The monoisotopic (exact) mass is 391 g/mol. The van der Waals surface area contributed by atoms with Crippen molar-refractivity contribution >= 4 is 22.4 Å². The van der Waals surface area contributed by atoms with Crippen LogP contribution >= 0.6 is 0 Å². The predicted molar refractivity (Wildman–Crippen MR) is 115 cm³/mol. The van der Waals surface area contributed by atoms with Crippen molar-refractivity contribution in [3.05, 3.63) is 53.7 Å². The fraction of sp³-hybridized carbons (Fsp3) is 0.375. The molecule has 150 valence electrons. The first-order valence-electron chi connectivity index (χ1n) is 10.4. The van der Waals surface area contributed by atoms with E-state index in [0.717, 1.165) is 54.4 Å². The van der Waals surface area contributed by atoms with Crippen molar-refractivity contribution in [1.29, 1.82) is 0 Å². The number of fused-ring (bicyclic) bond motifs is 1. The third-order valence-corrected chi connectivity index (χ3v) is 5.60. The summed E-state index contributed by atoms with van der Waals surface area (Å²) in [6, 6.07) is 7.09. The number of aromatic nitrogens is 2. The Balaban J connectivity index is 1.74. The van der Waals surface area contributed by atoms with E-state index in [0.29, 0.717) is 29.0 Å². The summed E-state index contributed by atoms with van der Waals surface area (Å²) in [5.41, 5.74) is 4.04. The minimum atomic E-state index is -0.341. The van der Waals surface area contributed by atoms with Crippen molar-refractivity contribution in [3.8, 4) is 11.1 Å². The summed E-state index contributed by atoms with van der Waals surface area (Å²) in [5, 5.41) is 3.90. The molecule has 0 aliphatic heterocycles. The zero-order valence-electron chi connectivity index (χ0n) is 17.0. The molecule has 0 amide bonds. The molecule has 1 aliphatic carbocycles. The van der Waals surface area contributed by atoms with E-state index >= 15 is 0 Å². The molecule has 1 N–H and O–H groups in total. The summed E-state index contributed by atoms with van der Waals surface area (Å²) in [6.45, 7) is 2.15. The Hall–Kier alpha value is -2.82. The Morgan fingerprint density at radius 2 is 2.03 bits per heavy atom. The molecular weight excluding hydrogens is 365 g/mol. The number of hydrogen-bond acceptors (Lipinski definition) is 4. The highest BCUT2D eigenvalue weighted by Crippen LogP contribution is 2.36. The number of halogens is 1. The van der Waals surface area contributed by atoms with Crippen molar-refractivity contribution in [2.75, 3.05) is 12.4 Å². The quantitative estimate of drug-likeness (QED) is 0.493. The molecular formula is C24H26FN3O. The van der Waals surface area contributed by atoms with Crippen molar-refractivity contribution in [2.24, 2.45) is 5.92 Å². The smallest absolute Gasteiger partial charge is 0.166 e. The number of ketones is 1. The highest BCUT2D eigenvalue weighted by atomic mass is 19.1. The third-order valence-electron chi connectivity index (χ3n) is 5.60. The highest BCUT2D eigenvalue weighted by Gasteiger charge is 2.26. The lowest BCUT2D eigenvalue weighted by Crippen LogP contribution is -2.07. The lowest BCUT2D eigenvalue weighted by atomic mass is 9.99. The lowest BCUT2D eigenvalue weighted by molar-refractivity contribution is 0.0976. The number of carbonyl (C=O) groups is 1. The molecule has 2 aromatic heterocycles. The molecule has 0 saturated heterocycles. The van der Waals surface area contributed by atoms with Gasteiger partial charge in [0.15, 0.2) is 5.78 Å². The Morgan fingerprint density at radius 1 is 1.21 bits per heavy atom. The van der Waals surface area contributed by atoms with Crippen molar-refractivity contribution < 1.29 is 9.18 Å². The van der Waals surface area contributed by atoms with E-state index in [-0.39, 0.29) is 11.6 Å². The van der Waals surface area contributed by atoms with Gasteiger partial charge in [0.25, 0.3) is 0 Å². The SMILES string of the molecule is CCCCc1ccc(-c2cc3c(NC)c(C(=O)CC4CC4)cnc3cc2F)cn1. The number of Topliss-reactive ketones (excluding diaryl/α,β-unsaturated/α-hetero) is 1. The molecule has 4 rings (SSSR count). The Morgan fingerprint density at radius 3 is 2.69 bits per heavy atom. The fourth-order valence-electron chi connectivity index (χ4n) is 3.70. The number of anilines is 1. The van der Waals surface area contributed by atoms with E-state index in [1.165, 1.54) is 6.07 Å². The number of hydrogen-bond donors (Lipinski definition) is 1. The number of unbranched alkanes of at least 4 members (excludes halogenated alkanes) is 1. The number of nitrogens with one attached hydrogen (secondary N) is 1. The van der Waals surface area contributed by atoms with Crippen LogP contribution in [0.25, 0.3) is 22.0 Å². The van der Waals surface area contributed by atoms with Gasteiger partial charge in [-0.1, -0.05) is 19.4 Å². The average Bonchev–Trinajstić information content (AvgIpc) is 3.55. The van der Waals surface area contributed by atoms with E-state index in [1.807, 2.05) is 12.1 Å². The Bertz CT molecular complexity index is 1040. The number of carbonyl (C=O) groups excluding carboxylic acids is 1. The first-order valence-corrected chi connectivity index (χ1v) is 10.4. The number of nitrogens with zero attached hydrogens (tertiary/aromatic N) is 2.